The number of carbonyl (C=O) groups excluding carboxylic acids is 2. The highest BCUT2D eigenvalue weighted by Gasteiger charge is 2.34. The third-order valence-corrected chi connectivity index (χ3v) is 4.58. The summed E-state index contributed by atoms with van der Waals surface area (Å²) >= 11 is 1.26. The van der Waals surface area contributed by atoms with Crippen LogP contribution in [0.1, 0.15) is 55.9 Å². The van der Waals surface area contributed by atoms with E-state index in [2.05, 4.69) is 24.1 Å². The lowest BCUT2D eigenvalue weighted by Crippen LogP contribution is -2.36. The second-order valence-electron chi connectivity index (χ2n) is 6.96. The van der Waals surface area contributed by atoms with Gasteiger partial charge < -0.3 is 11.1 Å². The van der Waals surface area contributed by atoms with E-state index in [0.29, 0.717) is 28.8 Å². The van der Waals surface area contributed by atoms with Crippen LogP contribution in [0.4, 0.5) is 5.13 Å². The molecule has 6 heteroatoms. The summed E-state index contributed by atoms with van der Waals surface area (Å²) in [5.41, 5.74) is 6.59. The van der Waals surface area contributed by atoms with Crippen molar-refractivity contribution in [1.29, 1.82) is 0 Å². The minimum atomic E-state index is -0.543. The van der Waals surface area contributed by atoms with Gasteiger partial charge in [-0.3, -0.25) is 9.59 Å². The lowest BCUT2D eigenvalue weighted by molar-refractivity contribution is -0.117. The first-order chi connectivity index (χ1) is 9.68. The largest absolute Gasteiger partial charge is 0.320 e. The Bertz CT molecular complexity index is 563. The molecular formula is C15H23N3O2S. The molecule has 0 unspecified atom stereocenters. The SMILES string of the molecule is CC(C)C[C@H](N)C(=O)Nc1nc2c(s1)C(=O)CC(C)(C)C2. The molecule has 1 atom stereocenters. The number of hydrogen-bond acceptors (Lipinski definition) is 5. The highest BCUT2D eigenvalue weighted by molar-refractivity contribution is 7.17. The van der Waals surface area contributed by atoms with Crippen LogP contribution >= 0.6 is 11.3 Å². The first-order valence-electron chi connectivity index (χ1n) is 7.27. The van der Waals surface area contributed by atoms with E-state index in [1.807, 2.05) is 13.8 Å². The first-order valence-corrected chi connectivity index (χ1v) is 8.09. The van der Waals surface area contributed by atoms with E-state index in [0.717, 1.165) is 12.1 Å². The summed E-state index contributed by atoms with van der Waals surface area (Å²) < 4.78 is 0. The lowest BCUT2D eigenvalue weighted by atomic mass is 9.78. The number of aromatic nitrogens is 1. The van der Waals surface area contributed by atoms with Crippen molar-refractivity contribution < 1.29 is 9.59 Å². The second-order valence-corrected chi connectivity index (χ2v) is 7.96. The van der Waals surface area contributed by atoms with E-state index in [1.165, 1.54) is 11.3 Å². The highest BCUT2D eigenvalue weighted by atomic mass is 32.1. The van der Waals surface area contributed by atoms with Gasteiger partial charge in [0.05, 0.1) is 16.6 Å². The van der Waals surface area contributed by atoms with Crippen LogP contribution in [0.3, 0.4) is 0 Å². The van der Waals surface area contributed by atoms with Crippen molar-refractivity contribution in [2.24, 2.45) is 17.1 Å². The van der Waals surface area contributed by atoms with E-state index in [-0.39, 0.29) is 17.1 Å². The maximum atomic E-state index is 12.1. The second kappa shape index (κ2) is 5.85. The van der Waals surface area contributed by atoms with E-state index in [9.17, 15) is 9.59 Å². The number of nitrogens with zero attached hydrogens (tertiary/aromatic N) is 1. The molecule has 0 aliphatic heterocycles. The zero-order chi connectivity index (χ0) is 15.8. The zero-order valence-electron chi connectivity index (χ0n) is 13.0. The number of amides is 1. The molecule has 0 radical (unpaired) electrons. The van der Waals surface area contributed by atoms with Crippen LogP contribution < -0.4 is 11.1 Å². The molecule has 0 saturated heterocycles. The Morgan fingerprint density at radius 3 is 2.71 bits per heavy atom. The van der Waals surface area contributed by atoms with Gasteiger partial charge in [0, 0.05) is 6.42 Å². The molecule has 5 nitrogen and oxygen atoms in total. The molecule has 1 aromatic heterocycles. The predicted molar refractivity (Wildman–Crippen MR) is 84.6 cm³/mol. The lowest BCUT2D eigenvalue weighted by Gasteiger charge is -2.26. The average Bonchev–Trinajstić information content (AvgIpc) is 2.69. The Labute approximate surface area is 129 Å². The molecule has 3 N–H and O–H groups in total. The van der Waals surface area contributed by atoms with E-state index >= 15 is 0 Å². The Morgan fingerprint density at radius 1 is 1.43 bits per heavy atom. The number of nitrogens with two attached hydrogens (primary N) is 1. The summed E-state index contributed by atoms with van der Waals surface area (Å²) in [6, 6.07) is -0.543. The van der Waals surface area contributed by atoms with Crippen LogP contribution in [0.5, 0.6) is 0 Å². The van der Waals surface area contributed by atoms with Crippen molar-refractivity contribution in [3.05, 3.63) is 10.6 Å². The van der Waals surface area contributed by atoms with Gasteiger partial charge in [0.25, 0.3) is 0 Å². The van der Waals surface area contributed by atoms with Gasteiger partial charge in [0.2, 0.25) is 5.91 Å². The Kier molecular flexibility index (Phi) is 4.49. The van der Waals surface area contributed by atoms with Crippen molar-refractivity contribution in [2.75, 3.05) is 5.32 Å². The van der Waals surface area contributed by atoms with Crippen molar-refractivity contribution in [1.82, 2.24) is 4.98 Å². The van der Waals surface area contributed by atoms with Crippen LogP contribution in [-0.2, 0) is 11.2 Å². The van der Waals surface area contributed by atoms with Crippen LogP contribution in [0, 0.1) is 11.3 Å². The van der Waals surface area contributed by atoms with Crippen LogP contribution in [0.2, 0.25) is 0 Å². The molecular weight excluding hydrogens is 286 g/mol. The Balaban J connectivity index is 2.10. The number of Topliss-reactive ketones (excluding diaryl/α,β-unsaturated/α-hetero) is 1. The van der Waals surface area contributed by atoms with E-state index in [1.54, 1.807) is 0 Å². The van der Waals surface area contributed by atoms with Gasteiger partial charge in [-0.2, -0.15) is 0 Å². The molecule has 1 aliphatic carbocycles. The third-order valence-electron chi connectivity index (χ3n) is 3.53. The quantitative estimate of drug-likeness (QED) is 0.895. The fraction of sp³-hybridized carbons (Fsp3) is 0.667. The third kappa shape index (κ3) is 3.89. The number of nitrogens with one attached hydrogen (secondary N) is 1. The molecule has 21 heavy (non-hydrogen) atoms. The smallest absolute Gasteiger partial charge is 0.243 e. The first kappa shape index (κ1) is 16.1. The molecule has 0 bridgehead atoms. The number of hydrogen-bond donors (Lipinski definition) is 2. The molecule has 0 fully saturated rings. The maximum absolute atomic E-state index is 12.1. The van der Waals surface area contributed by atoms with Crippen LogP contribution in [0.15, 0.2) is 0 Å². The Morgan fingerprint density at radius 2 is 2.10 bits per heavy atom. The molecule has 1 heterocycles. The minimum Gasteiger partial charge on any atom is -0.320 e. The normalized spacial score (nSPS) is 18.5. The van der Waals surface area contributed by atoms with Gasteiger partial charge in [0.1, 0.15) is 0 Å². The van der Waals surface area contributed by atoms with Crippen LogP contribution in [-0.4, -0.2) is 22.7 Å². The monoisotopic (exact) mass is 309 g/mol. The molecule has 116 valence electrons. The number of ketones is 1. The number of anilines is 1. The van der Waals surface area contributed by atoms with Crippen molar-refractivity contribution in [3.63, 3.8) is 0 Å². The summed E-state index contributed by atoms with van der Waals surface area (Å²) in [4.78, 5) is 29.2. The summed E-state index contributed by atoms with van der Waals surface area (Å²) in [6.45, 7) is 8.17. The van der Waals surface area contributed by atoms with E-state index < -0.39 is 6.04 Å². The molecule has 2 rings (SSSR count). The van der Waals surface area contributed by atoms with Gasteiger partial charge in [-0.15, -0.1) is 0 Å². The molecule has 0 spiro atoms. The van der Waals surface area contributed by atoms with Crippen molar-refractivity contribution >= 4 is 28.2 Å². The summed E-state index contributed by atoms with van der Waals surface area (Å²) in [6.07, 6.45) is 1.92. The maximum Gasteiger partial charge on any atom is 0.243 e. The number of thiazole rings is 1. The van der Waals surface area contributed by atoms with E-state index in [4.69, 9.17) is 5.73 Å². The molecule has 1 amide bonds. The van der Waals surface area contributed by atoms with Crippen molar-refractivity contribution in [3.8, 4) is 0 Å². The average molecular weight is 309 g/mol. The van der Waals surface area contributed by atoms with Crippen molar-refractivity contribution in [2.45, 2.75) is 53.0 Å². The van der Waals surface area contributed by atoms with Gasteiger partial charge in [0.15, 0.2) is 10.9 Å². The zero-order valence-corrected chi connectivity index (χ0v) is 13.8. The number of fused-ring (bicyclic) bond motifs is 1. The summed E-state index contributed by atoms with van der Waals surface area (Å²) in [7, 11) is 0. The fourth-order valence-corrected chi connectivity index (χ4v) is 3.51. The van der Waals surface area contributed by atoms with Gasteiger partial charge >= 0.3 is 0 Å². The predicted octanol–water partition coefficient (Wildman–Crippen LogP) is 2.61. The Hall–Kier alpha value is -1.27. The standard InChI is InChI=1S/C15H23N3O2S/c1-8(2)5-9(16)13(20)18-14-17-10-6-15(3,4)7-11(19)12(10)21-14/h8-9H,5-7,16H2,1-4H3,(H,17,18,20)/t9-/m0/s1. The fourth-order valence-electron chi connectivity index (χ4n) is 2.59. The minimum absolute atomic E-state index is 0.0620. The highest BCUT2D eigenvalue weighted by Crippen LogP contribution is 2.38. The molecule has 0 aromatic carbocycles. The molecule has 0 saturated carbocycles. The van der Waals surface area contributed by atoms with Gasteiger partial charge in [-0.25, -0.2) is 4.98 Å². The van der Waals surface area contributed by atoms with Crippen LogP contribution in [0.25, 0.3) is 0 Å². The number of carbonyl (C=O) groups is 2. The molecule has 1 aromatic rings. The molecule has 1 aliphatic rings. The topological polar surface area (TPSA) is 85.1 Å². The van der Waals surface area contributed by atoms with Gasteiger partial charge in [-0.1, -0.05) is 39.0 Å². The summed E-state index contributed by atoms with van der Waals surface area (Å²) in [5.74, 6) is 0.241. The number of rotatable bonds is 4. The van der Waals surface area contributed by atoms with Gasteiger partial charge in [-0.05, 0) is 24.2 Å². The summed E-state index contributed by atoms with van der Waals surface area (Å²) in [5, 5.41) is 3.23.